The van der Waals surface area contributed by atoms with Crippen molar-refractivity contribution in [1.29, 1.82) is 0 Å². The molecule has 1 amide bonds. The molecule has 38 heavy (non-hydrogen) atoms. The van der Waals surface area contributed by atoms with E-state index in [9.17, 15) is 14.7 Å². The summed E-state index contributed by atoms with van der Waals surface area (Å²) in [5.41, 5.74) is 2.37. The fourth-order valence-corrected chi connectivity index (χ4v) is 6.77. The minimum atomic E-state index is -0.745. The van der Waals surface area contributed by atoms with Crippen LogP contribution in [-0.2, 0) is 11.3 Å². The number of thiazole rings is 1. The van der Waals surface area contributed by atoms with Crippen molar-refractivity contribution in [2.75, 3.05) is 29.9 Å². The molecule has 0 aromatic carbocycles. The minimum absolute atomic E-state index is 0.220. The number of anilines is 2. The summed E-state index contributed by atoms with van der Waals surface area (Å²) in [5, 5.41) is 14.8. The highest BCUT2D eigenvalue weighted by Gasteiger charge is 2.26. The number of aliphatic carboxylic acids is 1. The molecule has 0 aliphatic carbocycles. The summed E-state index contributed by atoms with van der Waals surface area (Å²) in [6, 6.07) is 2.69. The molecule has 11 heteroatoms. The Kier molecular flexibility index (Phi) is 9.45. The number of nitrogens with zero attached hydrogens (tertiary/aromatic N) is 5. The number of thiophene rings is 1. The summed E-state index contributed by atoms with van der Waals surface area (Å²) in [7, 11) is 0. The maximum atomic E-state index is 12.9. The maximum absolute atomic E-state index is 12.9. The molecule has 2 aliphatic heterocycles. The number of rotatable bonds is 7. The smallest absolute Gasteiger partial charge is 0.306 e. The van der Waals surface area contributed by atoms with Gasteiger partial charge in [-0.25, -0.2) is 15.0 Å². The summed E-state index contributed by atoms with van der Waals surface area (Å²) < 4.78 is 0. The first kappa shape index (κ1) is 28.1. The van der Waals surface area contributed by atoms with Gasteiger partial charge in [0, 0.05) is 30.6 Å². The van der Waals surface area contributed by atoms with Crippen molar-refractivity contribution in [2.45, 2.75) is 66.0 Å². The second kappa shape index (κ2) is 12.8. The van der Waals surface area contributed by atoms with Gasteiger partial charge in [-0.1, -0.05) is 25.2 Å². The lowest BCUT2D eigenvalue weighted by molar-refractivity contribution is -0.142. The van der Waals surface area contributed by atoms with Crippen molar-refractivity contribution >= 4 is 45.5 Å². The summed E-state index contributed by atoms with van der Waals surface area (Å²) in [4.78, 5) is 44.4. The van der Waals surface area contributed by atoms with Gasteiger partial charge in [0.25, 0.3) is 5.91 Å². The van der Waals surface area contributed by atoms with Gasteiger partial charge in [-0.2, -0.15) is 0 Å². The predicted octanol–water partition coefficient (Wildman–Crippen LogP) is 5.53. The van der Waals surface area contributed by atoms with Gasteiger partial charge in [-0.15, -0.1) is 11.3 Å². The number of carboxylic acids is 1. The van der Waals surface area contributed by atoms with Gasteiger partial charge in [-0.3, -0.25) is 19.8 Å². The fraction of sp³-hybridized carbons (Fsp3) is 0.519. The van der Waals surface area contributed by atoms with Crippen LogP contribution in [0.15, 0.2) is 23.8 Å². The first-order chi connectivity index (χ1) is 18.4. The Labute approximate surface area is 232 Å². The van der Waals surface area contributed by atoms with Gasteiger partial charge >= 0.3 is 5.97 Å². The van der Waals surface area contributed by atoms with Crippen LogP contribution in [0.5, 0.6) is 0 Å². The zero-order chi connectivity index (χ0) is 27.2. The molecule has 5 heterocycles. The third-order valence-corrected chi connectivity index (χ3v) is 8.97. The summed E-state index contributed by atoms with van der Waals surface area (Å²) in [6.07, 6.45) is 6.63. The molecule has 2 fully saturated rings. The summed E-state index contributed by atoms with van der Waals surface area (Å²) in [5.74, 6) is -0.742. The van der Waals surface area contributed by atoms with E-state index in [2.05, 4.69) is 45.5 Å². The van der Waals surface area contributed by atoms with Crippen LogP contribution >= 0.6 is 22.7 Å². The van der Waals surface area contributed by atoms with E-state index in [-0.39, 0.29) is 17.5 Å². The van der Waals surface area contributed by atoms with Crippen LogP contribution in [0.25, 0.3) is 10.6 Å². The molecule has 0 spiro atoms. The molecule has 0 bridgehead atoms. The van der Waals surface area contributed by atoms with E-state index >= 15 is 0 Å². The van der Waals surface area contributed by atoms with Gasteiger partial charge in [0.1, 0.15) is 11.5 Å². The number of hydrogen-bond acceptors (Lipinski definition) is 9. The van der Waals surface area contributed by atoms with Gasteiger partial charge < -0.3 is 10.0 Å². The third kappa shape index (κ3) is 6.57. The molecule has 3 aromatic heterocycles. The second-order valence-corrected chi connectivity index (χ2v) is 11.5. The number of piperidine rings is 1. The highest BCUT2D eigenvalue weighted by Crippen LogP contribution is 2.37. The van der Waals surface area contributed by atoms with Crippen LogP contribution in [0.4, 0.5) is 10.9 Å². The molecule has 2 N–H and O–H groups in total. The Bertz CT molecular complexity index is 1230. The Morgan fingerprint density at radius 2 is 1.89 bits per heavy atom. The number of aromatic nitrogens is 3. The normalized spacial score (nSPS) is 18.2. The van der Waals surface area contributed by atoms with Crippen LogP contribution in [-0.4, -0.2) is 62.5 Å². The molecule has 1 atom stereocenters. The highest BCUT2D eigenvalue weighted by atomic mass is 32.1. The van der Waals surface area contributed by atoms with Gasteiger partial charge in [0.05, 0.1) is 28.9 Å². The first-order valence-electron chi connectivity index (χ1n) is 13.3. The topological polar surface area (TPSA) is 112 Å². The number of nitrogens with one attached hydrogen (secondary N) is 1. The van der Waals surface area contributed by atoms with E-state index in [1.807, 2.05) is 18.7 Å². The van der Waals surface area contributed by atoms with E-state index < -0.39 is 5.97 Å². The van der Waals surface area contributed by atoms with Crippen LogP contribution in [0.2, 0.25) is 0 Å². The number of aryl methyl sites for hydroxylation is 1. The van der Waals surface area contributed by atoms with Gasteiger partial charge in [0.15, 0.2) is 5.13 Å². The average Bonchev–Trinajstić information content (AvgIpc) is 3.66. The van der Waals surface area contributed by atoms with Gasteiger partial charge in [-0.05, 0) is 63.1 Å². The Morgan fingerprint density at radius 1 is 1.13 bits per heavy atom. The number of likely N-dealkylation sites (tertiary alicyclic amines) is 1. The van der Waals surface area contributed by atoms with Crippen LogP contribution in [0.3, 0.4) is 0 Å². The number of carbonyl (C=O) groups excluding carboxylic acids is 1. The number of amides is 1. The van der Waals surface area contributed by atoms with Crippen LogP contribution in [0.1, 0.15) is 67.4 Å². The van der Waals surface area contributed by atoms with Gasteiger partial charge in [0.2, 0.25) is 0 Å². The molecule has 2 saturated heterocycles. The lowest BCUT2D eigenvalue weighted by Gasteiger charge is -2.30. The average molecular weight is 557 g/mol. The highest BCUT2D eigenvalue weighted by molar-refractivity contribution is 7.17. The quantitative estimate of drug-likeness (QED) is 0.391. The van der Waals surface area contributed by atoms with Crippen molar-refractivity contribution in [3.8, 4) is 10.6 Å². The minimum Gasteiger partial charge on any atom is -0.481 e. The van der Waals surface area contributed by atoms with E-state index in [0.717, 1.165) is 28.5 Å². The molecule has 0 saturated carbocycles. The molecule has 0 radical (unpaired) electrons. The summed E-state index contributed by atoms with van der Waals surface area (Å²) in [6.45, 7) is 11.5. The first-order valence-corrected chi connectivity index (χ1v) is 15.0. The van der Waals surface area contributed by atoms with Crippen molar-refractivity contribution in [1.82, 2.24) is 19.9 Å². The van der Waals surface area contributed by atoms with Crippen LogP contribution < -0.4 is 10.2 Å². The lowest BCUT2D eigenvalue weighted by atomic mass is 9.97. The molecular formula is C27H36N6O3S2. The van der Waals surface area contributed by atoms with Crippen molar-refractivity contribution in [2.24, 2.45) is 5.92 Å². The van der Waals surface area contributed by atoms with E-state index in [1.54, 1.807) is 17.5 Å². The van der Waals surface area contributed by atoms with Crippen molar-refractivity contribution in [3.63, 3.8) is 0 Å². The molecule has 3 aromatic rings. The van der Waals surface area contributed by atoms with Crippen LogP contribution in [0, 0.1) is 12.8 Å². The standard InChI is InChI=1S/C25H30N6O3S2.C2H6/c1-15-10-19(35-14-15)22-20(13-31-7-3-4-16(31)2)36-25(28-22)29-23(32)18-11-27-21(12-26-18)30-8-5-17(6-9-30)24(33)34;1-2/h10-12,14,16-17H,3-9,13H2,1-2H3,(H,33,34)(H,28,29,32);1-2H3. The number of hydrogen-bond donors (Lipinski definition) is 2. The fourth-order valence-electron chi connectivity index (χ4n) is 4.79. The molecule has 204 valence electrons. The molecule has 1 unspecified atom stereocenters. The Balaban J connectivity index is 0.00000164. The van der Waals surface area contributed by atoms with Crippen molar-refractivity contribution < 1.29 is 14.7 Å². The molecule has 5 rings (SSSR count). The largest absolute Gasteiger partial charge is 0.481 e. The second-order valence-electron chi connectivity index (χ2n) is 9.55. The number of carboxylic acid groups (broad SMARTS) is 1. The summed E-state index contributed by atoms with van der Waals surface area (Å²) >= 11 is 3.20. The third-order valence-electron chi connectivity index (χ3n) is 6.96. The molecule has 2 aliphatic rings. The molecular weight excluding hydrogens is 520 g/mol. The zero-order valence-corrected chi connectivity index (χ0v) is 24.1. The van der Waals surface area contributed by atoms with E-state index in [1.165, 1.54) is 35.9 Å². The van der Waals surface area contributed by atoms with E-state index in [4.69, 9.17) is 4.98 Å². The Morgan fingerprint density at radius 3 is 2.47 bits per heavy atom. The Hall–Kier alpha value is -2.89. The maximum Gasteiger partial charge on any atom is 0.306 e. The monoisotopic (exact) mass is 556 g/mol. The van der Waals surface area contributed by atoms with Crippen molar-refractivity contribution in [3.05, 3.63) is 40.0 Å². The number of carbonyl (C=O) groups is 2. The SMILES string of the molecule is CC.Cc1csc(-c2nc(NC(=O)c3cnc(N4CCC(C(=O)O)CC4)cn3)sc2CN2CCCC2C)c1. The lowest BCUT2D eigenvalue weighted by Crippen LogP contribution is -2.36. The van der Waals surface area contributed by atoms with E-state index in [0.29, 0.717) is 42.9 Å². The predicted molar refractivity (Wildman–Crippen MR) is 153 cm³/mol. The zero-order valence-electron chi connectivity index (χ0n) is 22.4. The molecule has 9 nitrogen and oxygen atoms in total.